The predicted octanol–water partition coefficient (Wildman–Crippen LogP) is 5.33. The van der Waals surface area contributed by atoms with Crippen LogP contribution in [0.5, 0.6) is 17.2 Å². The summed E-state index contributed by atoms with van der Waals surface area (Å²) in [6.07, 6.45) is 0. The van der Waals surface area contributed by atoms with Gasteiger partial charge in [-0.1, -0.05) is 36.4 Å². The minimum absolute atomic E-state index is 0.122. The molecule has 2 atom stereocenters. The molecule has 0 bridgehead atoms. The molecule has 3 heteroatoms. The van der Waals surface area contributed by atoms with Crippen molar-refractivity contribution < 1.29 is 14.9 Å². The standard InChI is InChI=1S/C24H24O3/c1-14-4-5-18(12-15(14)2)23-20-10-11-22(26)16(3)24(20)27-13-21(23)17-6-8-19(25)9-7-17/h4-12,21,23,25-26H,13H2,1-3H3/t21-,23-/m1/s1. The fourth-order valence-electron chi connectivity index (χ4n) is 4.00. The second kappa shape index (κ2) is 6.66. The van der Waals surface area contributed by atoms with Crippen LogP contribution in [0.25, 0.3) is 0 Å². The predicted molar refractivity (Wildman–Crippen MR) is 107 cm³/mol. The molecule has 0 amide bonds. The van der Waals surface area contributed by atoms with Crippen molar-refractivity contribution in [1.82, 2.24) is 0 Å². The minimum atomic E-state index is 0.122. The summed E-state index contributed by atoms with van der Waals surface area (Å²) >= 11 is 0. The van der Waals surface area contributed by atoms with Gasteiger partial charge in [0.05, 0.1) is 6.61 Å². The monoisotopic (exact) mass is 360 g/mol. The van der Waals surface area contributed by atoms with Crippen LogP contribution in [0.1, 0.15) is 45.2 Å². The summed E-state index contributed by atoms with van der Waals surface area (Å²) in [7, 11) is 0. The molecule has 0 spiro atoms. The van der Waals surface area contributed by atoms with Gasteiger partial charge in [0.1, 0.15) is 17.2 Å². The first-order valence-corrected chi connectivity index (χ1v) is 9.27. The molecule has 27 heavy (non-hydrogen) atoms. The maximum atomic E-state index is 10.1. The first kappa shape index (κ1) is 17.5. The number of phenolic OH excluding ortho intramolecular Hbond substituents is 2. The summed E-state index contributed by atoms with van der Waals surface area (Å²) in [5, 5.41) is 19.8. The highest BCUT2D eigenvalue weighted by atomic mass is 16.5. The summed E-state index contributed by atoms with van der Waals surface area (Å²) in [4.78, 5) is 0. The average Bonchev–Trinajstić information content (AvgIpc) is 2.67. The second-order valence-electron chi connectivity index (χ2n) is 7.46. The zero-order valence-electron chi connectivity index (χ0n) is 15.9. The Labute approximate surface area is 159 Å². The minimum Gasteiger partial charge on any atom is -0.508 e. The van der Waals surface area contributed by atoms with Gasteiger partial charge in [0.15, 0.2) is 0 Å². The molecule has 0 aromatic heterocycles. The van der Waals surface area contributed by atoms with Gasteiger partial charge in [-0.25, -0.2) is 0 Å². The first-order valence-electron chi connectivity index (χ1n) is 9.27. The molecule has 2 N–H and O–H groups in total. The second-order valence-corrected chi connectivity index (χ2v) is 7.46. The van der Waals surface area contributed by atoms with E-state index in [9.17, 15) is 10.2 Å². The number of aryl methyl sites for hydroxylation is 2. The van der Waals surface area contributed by atoms with Crippen molar-refractivity contribution in [3.63, 3.8) is 0 Å². The Morgan fingerprint density at radius 3 is 2.22 bits per heavy atom. The van der Waals surface area contributed by atoms with Crippen LogP contribution in [0.3, 0.4) is 0 Å². The molecular weight excluding hydrogens is 336 g/mol. The highest BCUT2D eigenvalue weighted by molar-refractivity contribution is 5.56. The fourth-order valence-corrected chi connectivity index (χ4v) is 4.00. The zero-order chi connectivity index (χ0) is 19.1. The lowest BCUT2D eigenvalue weighted by Crippen LogP contribution is -2.26. The van der Waals surface area contributed by atoms with Gasteiger partial charge in [-0.3, -0.25) is 0 Å². The molecule has 3 aromatic rings. The van der Waals surface area contributed by atoms with Gasteiger partial charge in [0.25, 0.3) is 0 Å². The van der Waals surface area contributed by atoms with E-state index in [2.05, 4.69) is 32.0 Å². The Morgan fingerprint density at radius 2 is 1.52 bits per heavy atom. The molecule has 1 aliphatic heterocycles. The van der Waals surface area contributed by atoms with Crippen molar-refractivity contribution in [1.29, 1.82) is 0 Å². The van der Waals surface area contributed by atoms with Gasteiger partial charge in [0, 0.05) is 23.0 Å². The molecular formula is C24H24O3. The van der Waals surface area contributed by atoms with Crippen LogP contribution in [0.15, 0.2) is 54.6 Å². The van der Waals surface area contributed by atoms with Crippen molar-refractivity contribution in [2.24, 2.45) is 0 Å². The number of ether oxygens (including phenoxy) is 1. The molecule has 0 unspecified atom stereocenters. The van der Waals surface area contributed by atoms with Crippen LogP contribution in [0, 0.1) is 20.8 Å². The Bertz CT molecular complexity index is 989. The van der Waals surface area contributed by atoms with E-state index in [0.717, 1.165) is 22.4 Å². The summed E-state index contributed by atoms with van der Waals surface area (Å²) in [5.74, 6) is 1.56. The number of hydrogen-bond acceptors (Lipinski definition) is 3. The van der Waals surface area contributed by atoms with E-state index in [1.165, 1.54) is 16.7 Å². The van der Waals surface area contributed by atoms with Crippen LogP contribution in [0.2, 0.25) is 0 Å². The van der Waals surface area contributed by atoms with Gasteiger partial charge >= 0.3 is 0 Å². The van der Waals surface area contributed by atoms with Gasteiger partial charge < -0.3 is 14.9 Å². The van der Waals surface area contributed by atoms with Crippen molar-refractivity contribution >= 4 is 0 Å². The van der Waals surface area contributed by atoms with Gasteiger partial charge in [-0.2, -0.15) is 0 Å². The summed E-state index contributed by atoms with van der Waals surface area (Å²) < 4.78 is 6.12. The number of aromatic hydroxyl groups is 2. The molecule has 0 radical (unpaired) electrons. The molecule has 0 fully saturated rings. The Morgan fingerprint density at radius 1 is 0.815 bits per heavy atom. The third kappa shape index (κ3) is 3.03. The quantitative estimate of drug-likeness (QED) is 0.649. The molecule has 1 heterocycles. The number of hydrogen-bond donors (Lipinski definition) is 2. The maximum Gasteiger partial charge on any atom is 0.129 e. The third-order valence-electron chi connectivity index (χ3n) is 5.76. The summed E-state index contributed by atoms with van der Waals surface area (Å²) in [5.41, 5.74) is 6.79. The average molecular weight is 360 g/mol. The van der Waals surface area contributed by atoms with Gasteiger partial charge in [-0.15, -0.1) is 0 Å². The van der Waals surface area contributed by atoms with E-state index in [4.69, 9.17) is 4.74 Å². The Balaban J connectivity index is 1.90. The summed E-state index contributed by atoms with van der Waals surface area (Å²) in [6, 6.07) is 17.7. The highest BCUT2D eigenvalue weighted by Gasteiger charge is 2.34. The molecule has 0 saturated carbocycles. The van der Waals surface area contributed by atoms with E-state index in [-0.39, 0.29) is 23.3 Å². The third-order valence-corrected chi connectivity index (χ3v) is 5.76. The fraction of sp³-hybridized carbons (Fsp3) is 0.250. The van der Waals surface area contributed by atoms with Crippen LogP contribution < -0.4 is 4.74 Å². The van der Waals surface area contributed by atoms with E-state index in [0.29, 0.717) is 6.61 Å². The largest absolute Gasteiger partial charge is 0.508 e. The van der Waals surface area contributed by atoms with Gasteiger partial charge in [-0.05, 0) is 61.2 Å². The lowest BCUT2D eigenvalue weighted by molar-refractivity contribution is 0.245. The number of rotatable bonds is 2. The normalized spacial score (nSPS) is 18.6. The molecule has 3 nitrogen and oxygen atoms in total. The first-order chi connectivity index (χ1) is 13.0. The van der Waals surface area contributed by atoms with Crippen molar-refractivity contribution in [2.45, 2.75) is 32.6 Å². The molecule has 1 aliphatic rings. The van der Waals surface area contributed by atoms with Gasteiger partial charge in [0.2, 0.25) is 0 Å². The van der Waals surface area contributed by atoms with E-state index >= 15 is 0 Å². The van der Waals surface area contributed by atoms with Crippen molar-refractivity contribution in [2.75, 3.05) is 6.61 Å². The molecule has 0 aliphatic carbocycles. The van der Waals surface area contributed by atoms with E-state index < -0.39 is 0 Å². The molecule has 3 aromatic carbocycles. The molecule has 4 rings (SSSR count). The maximum absolute atomic E-state index is 10.1. The van der Waals surface area contributed by atoms with Crippen LogP contribution in [-0.4, -0.2) is 16.8 Å². The number of benzene rings is 3. The number of fused-ring (bicyclic) bond motifs is 1. The number of phenols is 2. The topological polar surface area (TPSA) is 49.7 Å². The lowest BCUT2D eigenvalue weighted by Gasteiger charge is -2.35. The zero-order valence-corrected chi connectivity index (χ0v) is 15.9. The highest BCUT2D eigenvalue weighted by Crippen LogP contribution is 2.48. The molecule has 0 saturated heterocycles. The lowest BCUT2D eigenvalue weighted by atomic mass is 9.75. The Hall–Kier alpha value is -2.94. The van der Waals surface area contributed by atoms with E-state index in [1.54, 1.807) is 18.2 Å². The van der Waals surface area contributed by atoms with Crippen LogP contribution in [0.4, 0.5) is 0 Å². The van der Waals surface area contributed by atoms with Crippen molar-refractivity contribution in [3.8, 4) is 17.2 Å². The van der Waals surface area contributed by atoms with Crippen LogP contribution >= 0.6 is 0 Å². The van der Waals surface area contributed by atoms with Crippen molar-refractivity contribution in [3.05, 3.63) is 88.0 Å². The van der Waals surface area contributed by atoms with Crippen LogP contribution in [-0.2, 0) is 0 Å². The summed E-state index contributed by atoms with van der Waals surface area (Å²) in [6.45, 7) is 6.68. The van der Waals surface area contributed by atoms with E-state index in [1.807, 2.05) is 25.1 Å². The molecule has 138 valence electrons. The SMILES string of the molecule is Cc1ccc([C@@H]2c3ccc(O)c(C)c3OC[C@@H]2c2ccc(O)cc2)cc1C. The smallest absolute Gasteiger partial charge is 0.129 e. The Kier molecular flexibility index (Phi) is 4.31.